The average Bonchev–Trinajstić information content (AvgIpc) is 3.43. The Kier molecular flexibility index (Phi) is 9.17. The van der Waals surface area contributed by atoms with E-state index in [2.05, 4.69) is 10.2 Å². The van der Waals surface area contributed by atoms with E-state index < -0.39 is 12.1 Å². The number of carbonyl (C=O) groups excluding carboxylic acids is 2. The first kappa shape index (κ1) is 26.7. The van der Waals surface area contributed by atoms with Crippen LogP contribution in [0.25, 0.3) is 11.1 Å². The number of para-hydroxylation sites is 1. The molecule has 0 aromatic heterocycles. The first-order valence-corrected chi connectivity index (χ1v) is 13.2. The zero-order valence-electron chi connectivity index (χ0n) is 21.5. The van der Waals surface area contributed by atoms with E-state index in [1.165, 1.54) is 0 Å². The van der Waals surface area contributed by atoms with Gasteiger partial charge in [0.2, 0.25) is 5.91 Å². The van der Waals surface area contributed by atoms with Crippen molar-refractivity contribution in [2.75, 3.05) is 38.5 Å². The van der Waals surface area contributed by atoms with E-state index in [1.54, 1.807) is 11.9 Å². The highest BCUT2D eigenvalue weighted by Gasteiger charge is 2.42. The highest BCUT2D eigenvalue weighted by Crippen LogP contribution is 2.39. The number of nitrogens with one attached hydrogen (secondary N) is 1. The zero-order chi connectivity index (χ0) is 26.2. The normalized spacial score (nSPS) is 20.8. The van der Waals surface area contributed by atoms with Crippen molar-refractivity contribution in [2.24, 2.45) is 11.8 Å². The van der Waals surface area contributed by atoms with E-state index >= 15 is 0 Å². The lowest BCUT2D eigenvalue weighted by molar-refractivity contribution is -0.137. The molecule has 8 heteroatoms. The van der Waals surface area contributed by atoms with Crippen LogP contribution in [-0.4, -0.2) is 72.2 Å². The molecule has 4 rings (SSSR count). The van der Waals surface area contributed by atoms with Gasteiger partial charge in [0.1, 0.15) is 6.10 Å². The summed E-state index contributed by atoms with van der Waals surface area (Å²) in [5.41, 5.74) is 2.73. The summed E-state index contributed by atoms with van der Waals surface area (Å²) >= 11 is 0. The van der Waals surface area contributed by atoms with Gasteiger partial charge in [-0.1, -0.05) is 48.5 Å². The van der Waals surface area contributed by atoms with Gasteiger partial charge >= 0.3 is 12.1 Å². The fourth-order valence-corrected chi connectivity index (χ4v) is 5.57. The van der Waals surface area contributed by atoms with Gasteiger partial charge in [0.15, 0.2) is 0 Å². The third kappa shape index (κ3) is 7.55. The number of carbonyl (C=O) groups is 3. The van der Waals surface area contributed by atoms with Crippen LogP contribution < -0.4 is 5.32 Å². The third-order valence-electron chi connectivity index (χ3n) is 7.51. The average molecular weight is 508 g/mol. The summed E-state index contributed by atoms with van der Waals surface area (Å²) in [7, 11) is 1.78. The number of amides is 2. The van der Waals surface area contributed by atoms with Gasteiger partial charge in [0, 0.05) is 51.6 Å². The Morgan fingerprint density at radius 2 is 1.65 bits per heavy atom. The maximum atomic E-state index is 12.7. The second-order valence-corrected chi connectivity index (χ2v) is 10.2. The number of fused-ring (bicyclic) bond motifs is 1. The quantitative estimate of drug-likeness (QED) is 0.427. The van der Waals surface area contributed by atoms with Gasteiger partial charge in [0.05, 0.1) is 5.69 Å². The number of likely N-dealkylation sites (tertiary alicyclic amines) is 1. The monoisotopic (exact) mass is 507 g/mol. The molecule has 3 atom stereocenters. The molecule has 1 aliphatic heterocycles. The number of rotatable bonds is 11. The van der Waals surface area contributed by atoms with E-state index in [-0.39, 0.29) is 18.4 Å². The van der Waals surface area contributed by atoms with Crippen LogP contribution in [0.4, 0.5) is 10.5 Å². The lowest BCUT2D eigenvalue weighted by Gasteiger charge is -2.21. The van der Waals surface area contributed by atoms with Crippen LogP contribution in [0.5, 0.6) is 0 Å². The smallest absolute Gasteiger partial charge is 0.411 e. The van der Waals surface area contributed by atoms with Gasteiger partial charge in [0.25, 0.3) is 0 Å². The fourth-order valence-electron chi connectivity index (χ4n) is 5.57. The number of unbranched alkanes of at least 4 members (excludes halogenated alkanes) is 1. The van der Waals surface area contributed by atoms with Gasteiger partial charge in [-0.05, 0) is 49.1 Å². The topological polar surface area (TPSA) is 99.2 Å². The first-order chi connectivity index (χ1) is 17.9. The van der Waals surface area contributed by atoms with Crippen molar-refractivity contribution < 1.29 is 24.2 Å². The van der Waals surface area contributed by atoms with Crippen LogP contribution in [-0.2, 0) is 14.3 Å². The number of aliphatic carboxylic acids is 1. The van der Waals surface area contributed by atoms with Crippen LogP contribution in [0.3, 0.4) is 0 Å². The number of ether oxygens (including phenoxy) is 1. The lowest BCUT2D eigenvalue weighted by Crippen LogP contribution is -2.33. The molecule has 1 saturated carbocycles. The Morgan fingerprint density at radius 1 is 0.973 bits per heavy atom. The molecule has 0 bridgehead atoms. The SMILES string of the molecule is CN(CCCCC(=O)O)C(=O)CCN1C[C@H]2CC(OC(=O)Nc3ccccc3-c3ccccc3)C[C@H]2C1. The molecule has 37 heavy (non-hydrogen) atoms. The molecule has 2 amide bonds. The minimum atomic E-state index is -0.796. The Balaban J connectivity index is 1.17. The molecule has 2 N–H and O–H groups in total. The van der Waals surface area contributed by atoms with E-state index in [4.69, 9.17) is 9.84 Å². The standard InChI is InChI=1S/C29H37N3O5/c1-31(15-8-7-13-28(34)35)27(33)14-16-32-19-22-17-24(18-23(22)20-32)37-29(36)30-26-12-6-5-11-25(26)21-9-3-2-4-10-21/h2-6,9-12,22-24H,7-8,13-20H2,1H3,(H,30,36)(H,34,35)/t22-,23+,24?. The number of hydrogen-bond acceptors (Lipinski definition) is 5. The molecule has 0 radical (unpaired) electrons. The molecule has 198 valence electrons. The number of benzene rings is 2. The third-order valence-corrected chi connectivity index (χ3v) is 7.51. The fraction of sp³-hybridized carbons (Fsp3) is 0.483. The largest absolute Gasteiger partial charge is 0.481 e. The lowest BCUT2D eigenvalue weighted by atomic mass is 10.0. The van der Waals surface area contributed by atoms with Gasteiger partial charge in [-0.2, -0.15) is 0 Å². The number of carboxylic acids is 1. The van der Waals surface area contributed by atoms with E-state index in [0.717, 1.165) is 49.3 Å². The molecule has 1 saturated heterocycles. The van der Waals surface area contributed by atoms with Gasteiger partial charge < -0.3 is 19.6 Å². The number of carboxylic acid groups (broad SMARTS) is 1. The summed E-state index contributed by atoms with van der Waals surface area (Å²) in [5, 5.41) is 11.7. The summed E-state index contributed by atoms with van der Waals surface area (Å²) in [4.78, 5) is 39.8. The van der Waals surface area contributed by atoms with E-state index in [0.29, 0.717) is 37.6 Å². The molecular weight excluding hydrogens is 470 g/mol. The van der Waals surface area contributed by atoms with E-state index in [9.17, 15) is 14.4 Å². The van der Waals surface area contributed by atoms with Crippen molar-refractivity contribution in [3.8, 4) is 11.1 Å². The number of anilines is 1. The summed E-state index contributed by atoms with van der Waals surface area (Å²) in [6, 6.07) is 17.7. The maximum absolute atomic E-state index is 12.7. The van der Waals surface area contributed by atoms with Crippen LogP contribution in [0.2, 0.25) is 0 Å². The van der Waals surface area contributed by atoms with Crippen molar-refractivity contribution in [1.29, 1.82) is 0 Å². The Labute approximate surface area is 218 Å². The van der Waals surface area contributed by atoms with Crippen LogP contribution in [0.15, 0.2) is 54.6 Å². The minimum Gasteiger partial charge on any atom is -0.481 e. The second kappa shape index (κ2) is 12.7. The Morgan fingerprint density at radius 3 is 2.35 bits per heavy atom. The summed E-state index contributed by atoms with van der Waals surface area (Å²) in [6.45, 7) is 3.18. The zero-order valence-corrected chi connectivity index (χ0v) is 21.5. The second-order valence-electron chi connectivity index (χ2n) is 10.2. The predicted octanol–water partition coefficient (Wildman–Crippen LogP) is 4.72. The number of hydrogen-bond donors (Lipinski definition) is 2. The maximum Gasteiger partial charge on any atom is 0.411 e. The summed E-state index contributed by atoms with van der Waals surface area (Å²) < 4.78 is 5.80. The molecule has 1 unspecified atom stereocenters. The highest BCUT2D eigenvalue weighted by molar-refractivity contribution is 5.91. The molecule has 2 aromatic carbocycles. The van der Waals surface area contributed by atoms with E-state index in [1.807, 2.05) is 54.6 Å². The molecule has 0 spiro atoms. The minimum absolute atomic E-state index is 0.0837. The molecule has 1 aliphatic carbocycles. The van der Waals surface area contributed by atoms with Crippen molar-refractivity contribution in [1.82, 2.24) is 9.80 Å². The van der Waals surface area contributed by atoms with Crippen LogP contribution in [0, 0.1) is 11.8 Å². The van der Waals surface area contributed by atoms with Crippen molar-refractivity contribution >= 4 is 23.7 Å². The highest BCUT2D eigenvalue weighted by atomic mass is 16.6. The van der Waals surface area contributed by atoms with Crippen LogP contribution >= 0.6 is 0 Å². The van der Waals surface area contributed by atoms with Crippen molar-refractivity contribution in [3.05, 3.63) is 54.6 Å². The molecule has 1 heterocycles. The van der Waals surface area contributed by atoms with Gasteiger partial charge in [-0.15, -0.1) is 0 Å². The van der Waals surface area contributed by atoms with Crippen LogP contribution in [0.1, 0.15) is 38.5 Å². The predicted molar refractivity (Wildman–Crippen MR) is 142 cm³/mol. The Bertz CT molecular complexity index is 1060. The summed E-state index contributed by atoms with van der Waals surface area (Å²) in [5.74, 6) is 0.271. The molecule has 2 fully saturated rings. The molecule has 2 aromatic rings. The summed E-state index contributed by atoms with van der Waals surface area (Å²) in [6.07, 6.45) is 3.11. The van der Waals surface area contributed by atoms with Crippen molar-refractivity contribution in [2.45, 2.75) is 44.6 Å². The Hall–Kier alpha value is -3.39. The van der Waals surface area contributed by atoms with Gasteiger partial charge in [-0.25, -0.2) is 4.79 Å². The number of nitrogens with zero attached hydrogens (tertiary/aromatic N) is 2. The van der Waals surface area contributed by atoms with Crippen molar-refractivity contribution in [3.63, 3.8) is 0 Å². The first-order valence-electron chi connectivity index (χ1n) is 13.2. The molecule has 2 aliphatic rings. The molecular formula is C29H37N3O5. The van der Waals surface area contributed by atoms with Gasteiger partial charge in [-0.3, -0.25) is 14.9 Å². The molecule has 8 nitrogen and oxygen atoms in total.